The number of ether oxygens (including phenoxy) is 1. The SMILES string of the molecule is CCn1cnc2c(-c3ccc(F)c(-c4ccc(C#N)cc4OC)c3)cnnc21. The van der Waals surface area contributed by atoms with E-state index in [0.29, 0.717) is 33.6 Å². The number of aromatic nitrogens is 4. The lowest BCUT2D eigenvalue weighted by Gasteiger charge is -2.12. The number of halogens is 1. The number of fused-ring (bicyclic) bond motifs is 1. The fourth-order valence-electron chi connectivity index (χ4n) is 3.20. The largest absolute Gasteiger partial charge is 0.496 e. The molecule has 28 heavy (non-hydrogen) atoms. The lowest BCUT2D eigenvalue weighted by molar-refractivity contribution is 0.416. The second-order valence-corrected chi connectivity index (χ2v) is 6.18. The van der Waals surface area contributed by atoms with Gasteiger partial charge in [0.2, 0.25) is 0 Å². The van der Waals surface area contributed by atoms with Crippen molar-refractivity contribution in [1.82, 2.24) is 19.7 Å². The zero-order chi connectivity index (χ0) is 19.7. The molecule has 0 saturated heterocycles. The van der Waals surface area contributed by atoms with Crippen molar-refractivity contribution in [1.29, 1.82) is 5.26 Å². The van der Waals surface area contributed by atoms with Gasteiger partial charge in [-0.2, -0.15) is 10.4 Å². The Morgan fingerprint density at radius 1 is 1.14 bits per heavy atom. The molecule has 0 aliphatic rings. The summed E-state index contributed by atoms with van der Waals surface area (Å²) in [4.78, 5) is 4.45. The number of nitriles is 1. The summed E-state index contributed by atoms with van der Waals surface area (Å²) in [6.45, 7) is 2.73. The molecule has 0 amide bonds. The topological polar surface area (TPSA) is 76.6 Å². The summed E-state index contributed by atoms with van der Waals surface area (Å²) in [5, 5.41) is 17.3. The molecule has 0 aliphatic carbocycles. The second-order valence-electron chi connectivity index (χ2n) is 6.18. The maximum atomic E-state index is 14.7. The van der Waals surface area contributed by atoms with Gasteiger partial charge < -0.3 is 9.30 Å². The molecular weight excluding hydrogens is 357 g/mol. The number of hydrogen-bond acceptors (Lipinski definition) is 5. The first-order chi connectivity index (χ1) is 13.7. The van der Waals surface area contributed by atoms with Gasteiger partial charge in [0, 0.05) is 23.2 Å². The Bertz CT molecular complexity index is 1230. The van der Waals surface area contributed by atoms with Crippen LogP contribution in [0.4, 0.5) is 4.39 Å². The summed E-state index contributed by atoms with van der Waals surface area (Å²) in [6, 6.07) is 11.8. The van der Waals surface area contributed by atoms with Crippen molar-refractivity contribution in [3.05, 3.63) is 60.3 Å². The van der Waals surface area contributed by atoms with Crippen LogP contribution in [0.1, 0.15) is 12.5 Å². The Morgan fingerprint density at radius 3 is 2.75 bits per heavy atom. The van der Waals surface area contributed by atoms with Gasteiger partial charge in [-0.15, -0.1) is 5.10 Å². The number of benzene rings is 2. The molecule has 0 atom stereocenters. The monoisotopic (exact) mass is 373 g/mol. The Labute approximate surface area is 160 Å². The Morgan fingerprint density at radius 2 is 2.00 bits per heavy atom. The molecule has 0 saturated carbocycles. The van der Waals surface area contributed by atoms with Crippen LogP contribution in [-0.2, 0) is 6.54 Å². The Hall–Kier alpha value is -3.79. The van der Waals surface area contributed by atoms with Crippen LogP contribution in [0.25, 0.3) is 33.4 Å². The highest BCUT2D eigenvalue weighted by Gasteiger charge is 2.16. The van der Waals surface area contributed by atoms with E-state index in [1.165, 1.54) is 13.2 Å². The van der Waals surface area contributed by atoms with E-state index in [-0.39, 0.29) is 5.82 Å². The van der Waals surface area contributed by atoms with E-state index < -0.39 is 0 Å². The van der Waals surface area contributed by atoms with E-state index in [0.717, 1.165) is 17.7 Å². The van der Waals surface area contributed by atoms with Gasteiger partial charge >= 0.3 is 0 Å². The molecule has 2 aromatic heterocycles. The number of rotatable bonds is 4. The molecule has 0 bridgehead atoms. The van der Waals surface area contributed by atoms with Crippen molar-refractivity contribution in [2.24, 2.45) is 0 Å². The number of methoxy groups -OCH3 is 1. The molecule has 4 rings (SSSR count). The molecule has 2 heterocycles. The molecule has 7 heteroatoms. The Kier molecular flexibility index (Phi) is 4.45. The number of nitrogens with zero attached hydrogens (tertiary/aromatic N) is 5. The van der Waals surface area contributed by atoms with E-state index >= 15 is 0 Å². The third kappa shape index (κ3) is 2.85. The second kappa shape index (κ2) is 7.08. The highest BCUT2D eigenvalue weighted by Crippen LogP contribution is 2.36. The van der Waals surface area contributed by atoms with E-state index in [1.54, 1.807) is 42.9 Å². The van der Waals surface area contributed by atoms with Crippen molar-refractivity contribution in [3.63, 3.8) is 0 Å². The van der Waals surface area contributed by atoms with Gasteiger partial charge in [-0.25, -0.2) is 9.37 Å². The van der Waals surface area contributed by atoms with Gasteiger partial charge in [0.15, 0.2) is 5.65 Å². The van der Waals surface area contributed by atoms with Gasteiger partial charge in [-0.05, 0) is 42.8 Å². The summed E-state index contributed by atoms with van der Waals surface area (Å²) in [7, 11) is 1.50. The predicted octanol–water partition coefficient (Wildman–Crippen LogP) is 4.20. The third-order valence-corrected chi connectivity index (χ3v) is 4.64. The molecule has 0 aliphatic heterocycles. The molecule has 6 nitrogen and oxygen atoms in total. The van der Waals surface area contributed by atoms with Crippen LogP contribution in [0.2, 0.25) is 0 Å². The molecule has 2 aromatic carbocycles. The summed E-state index contributed by atoms with van der Waals surface area (Å²) >= 11 is 0. The summed E-state index contributed by atoms with van der Waals surface area (Å²) in [5.74, 6) is 0.0486. The first kappa shape index (κ1) is 17.6. The van der Waals surface area contributed by atoms with Crippen LogP contribution in [0.15, 0.2) is 48.9 Å². The van der Waals surface area contributed by atoms with Crippen molar-refractivity contribution < 1.29 is 9.13 Å². The van der Waals surface area contributed by atoms with Crippen molar-refractivity contribution in [2.75, 3.05) is 7.11 Å². The van der Waals surface area contributed by atoms with Crippen molar-refractivity contribution in [3.8, 4) is 34.1 Å². The van der Waals surface area contributed by atoms with Gasteiger partial charge in [0.05, 0.1) is 31.3 Å². The molecule has 4 aromatic rings. The first-order valence-corrected chi connectivity index (χ1v) is 8.71. The molecule has 0 unspecified atom stereocenters. The highest BCUT2D eigenvalue weighted by molar-refractivity contribution is 5.90. The summed E-state index contributed by atoms with van der Waals surface area (Å²) in [6.07, 6.45) is 3.35. The maximum Gasteiger partial charge on any atom is 0.183 e. The lowest BCUT2D eigenvalue weighted by Crippen LogP contribution is -1.96. The van der Waals surface area contributed by atoms with Gasteiger partial charge in [-0.1, -0.05) is 6.07 Å². The van der Waals surface area contributed by atoms with Crippen molar-refractivity contribution in [2.45, 2.75) is 13.5 Å². The van der Waals surface area contributed by atoms with Gasteiger partial charge in [0.1, 0.15) is 17.1 Å². The number of hydrogen-bond donors (Lipinski definition) is 0. The minimum Gasteiger partial charge on any atom is -0.496 e. The lowest BCUT2D eigenvalue weighted by atomic mass is 9.97. The minimum atomic E-state index is -0.385. The van der Waals surface area contributed by atoms with Crippen LogP contribution in [-0.4, -0.2) is 26.9 Å². The molecule has 0 spiro atoms. The van der Waals surface area contributed by atoms with Gasteiger partial charge in [0.25, 0.3) is 0 Å². The molecule has 0 radical (unpaired) electrons. The average Bonchev–Trinajstić information content (AvgIpc) is 3.17. The van der Waals surface area contributed by atoms with E-state index in [1.807, 2.05) is 11.5 Å². The quantitative estimate of drug-likeness (QED) is 0.536. The highest BCUT2D eigenvalue weighted by atomic mass is 19.1. The fraction of sp³-hybridized carbons (Fsp3) is 0.143. The first-order valence-electron chi connectivity index (χ1n) is 8.71. The molecular formula is C21H16FN5O. The third-order valence-electron chi connectivity index (χ3n) is 4.64. The van der Waals surface area contributed by atoms with Gasteiger partial charge in [-0.3, -0.25) is 0 Å². The summed E-state index contributed by atoms with van der Waals surface area (Å²) in [5.41, 5.74) is 4.32. The molecule has 138 valence electrons. The van der Waals surface area contributed by atoms with E-state index in [9.17, 15) is 4.39 Å². The van der Waals surface area contributed by atoms with Crippen LogP contribution in [0.5, 0.6) is 5.75 Å². The average molecular weight is 373 g/mol. The standard InChI is InChI=1S/C21H16FN5O/c1-3-27-12-24-20-17(11-25-26-21(20)27)14-5-7-18(22)16(9-14)15-6-4-13(10-23)8-19(15)28-2/h4-9,11-12H,3H2,1-2H3. The van der Waals surface area contributed by atoms with Crippen LogP contribution in [0.3, 0.4) is 0 Å². The fourth-order valence-corrected chi connectivity index (χ4v) is 3.20. The summed E-state index contributed by atoms with van der Waals surface area (Å²) < 4.78 is 22.0. The number of aryl methyl sites for hydroxylation is 1. The zero-order valence-corrected chi connectivity index (χ0v) is 15.3. The number of imidazole rings is 1. The van der Waals surface area contributed by atoms with Crippen molar-refractivity contribution >= 4 is 11.2 Å². The van der Waals surface area contributed by atoms with E-state index in [4.69, 9.17) is 10.00 Å². The molecule has 0 N–H and O–H groups in total. The van der Waals surface area contributed by atoms with Crippen LogP contribution < -0.4 is 4.74 Å². The van der Waals surface area contributed by atoms with Crippen LogP contribution in [0, 0.1) is 17.1 Å². The normalized spacial score (nSPS) is 10.8. The zero-order valence-electron chi connectivity index (χ0n) is 15.3. The van der Waals surface area contributed by atoms with E-state index in [2.05, 4.69) is 21.3 Å². The maximum absolute atomic E-state index is 14.7. The Balaban J connectivity index is 1.90. The van der Waals surface area contributed by atoms with Crippen LogP contribution >= 0.6 is 0 Å². The minimum absolute atomic E-state index is 0.374. The predicted molar refractivity (Wildman–Crippen MR) is 103 cm³/mol. The smallest absolute Gasteiger partial charge is 0.183 e. The molecule has 0 fully saturated rings.